The van der Waals surface area contributed by atoms with E-state index in [1.54, 1.807) is 19.9 Å². The number of nitrogens with zero attached hydrogens (tertiary/aromatic N) is 4. The van der Waals surface area contributed by atoms with Crippen LogP contribution in [0.15, 0.2) is 36.8 Å². The molecule has 5 rings (SSSR count). The van der Waals surface area contributed by atoms with E-state index in [4.69, 9.17) is 19.5 Å². The molecule has 2 aliphatic heterocycles. The third-order valence-corrected chi connectivity index (χ3v) is 5.64. The number of halogens is 1. The van der Waals surface area contributed by atoms with Crippen LogP contribution >= 0.6 is 0 Å². The number of Topliss-reactive ketones (excluding diaryl/α,β-unsaturated/α-hetero) is 1. The minimum atomic E-state index is -0.992. The molecule has 8 nitrogen and oxygen atoms in total. The first-order valence-electron chi connectivity index (χ1n) is 9.82. The molecule has 0 amide bonds. The highest BCUT2D eigenvalue weighted by Gasteiger charge is 2.58. The number of fused-ring (bicyclic) bond motifs is 2. The summed E-state index contributed by atoms with van der Waals surface area (Å²) in [6.45, 7) is 5.43. The Labute approximate surface area is 177 Å². The number of nitriles is 1. The largest absolute Gasteiger partial charge is 0.341 e. The predicted octanol–water partition coefficient (Wildman–Crippen LogP) is 3.05. The van der Waals surface area contributed by atoms with E-state index in [0.717, 1.165) is 17.1 Å². The molecule has 0 aliphatic carbocycles. The van der Waals surface area contributed by atoms with Gasteiger partial charge in [-0.3, -0.25) is 4.79 Å². The number of rotatable bonds is 3. The smallest absolute Gasteiger partial charge is 0.194 e. The van der Waals surface area contributed by atoms with Crippen molar-refractivity contribution in [1.82, 2.24) is 14.5 Å². The first kappa shape index (κ1) is 19.8. The first-order valence-corrected chi connectivity index (χ1v) is 9.82. The predicted molar refractivity (Wildman–Crippen MR) is 105 cm³/mol. The van der Waals surface area contributed by atoms with Crippen LogP contribution in [0.5, 0.6) is 0 Å². The van der Waals surface area contributed by atoms with Crippen molar-refractivity contribution in [2.45, 2.75) is 51.1 Å². The molecule has 2 aromatic heterocycles. The fourth-order valence-electron chi connectivity index (χ4n) is 4.24. The Balaban J connectivity index is 1.55. The van der Waals surface area contributed by atoms with Crippen LogP contribution in [0, 0.1) is 24.1 Å². The van der Waals surface area contributed by atoms with Gasteiger partial charge in [0.15, 0.2) is 23.9 Å². The number of hydrogen-bond acceptors (Lipinski definition) is 7. The van der Waals surface area contributed by atoms with Crippen LogP contribution < -0.4 is 0 Å². The van der Waals surface area contributed by atoms with E-state index in [-0.39, 0.29) is 11.1 Å². The zero-order chi connectivity index (χ0) is 21.9. The van der Waals surface area contributed by atoms with Gasteiger partial charge >= 0.3 is 0 Å². The van der Waals surface area contributed by atoms with Crippen molar-refractivity contribution in [3.8, 4) is 6.07 Å². The fraction of sp³-hybridized carbons (Fsp3) is 0.364. The number of aromatic nitrogens is 3. The summed E-state index contributed by atoms with van der Waals surface area (Å²) in [6.07, 6.45) is 0.398. The summed E-state index contributed by atoms with van der Waals surface area (Å²) in [5.74, 6) is -2.00. The summed E-state index contributed by atoms with van der Waals surface area (Å²) in [5.41, 5.74) is 1.45. The minimum absolute atomic E-state index is 0.172. The number of carbonyl (C=O) groups is 1. The van der Waals surface area contributed by atoms with Gasteiger partial charge in [0, 0.05) is 17.1 Å². The standard InChI is InChI=1S/C22H19FN4O4/c1-11-14-6-7-27(20(14)26-10-25-11)21-19-18(30-22(2,3)31-19)17(29-21)16(28)12-4-5-15(23)13(8-12)9-24/h4-8,10,17-19,21H,1-3H3/t17-,18-,19-,21-/m1/s1. The van der Waals surface area contributed by atoms with E-state index < -0.39 is 41.9 Å². The zero-order valence-electron chi connectivity index (χ0n) is 17.1. The summed E-state index contributed by atoms with van der Waals surface area (Å²) >= 11 is 0. The van der Waals surface area contributed by atoms with Crippen molar-refractivity contribution in [2.24, 2.45) is 0 Å². The molecule has 158 valence electrons. The van der Waals surface area contributed by atoms with Crippen LogP contribution in [-0.4, -0.2) is 44.4 Å². The van der Waals surface area contributed by atoms with Gasteiger partial charge in [0.1, 0.15) is 36.1 Å². The summed E-state index contributed by atoms with van der Waals surface area (Å²) < 4.78 is 33.8. The zero-order valence-corrected chi connectivity index (χ0v) is 17.1. The number of aryl methyl sites for hydroxylation is 1. The average molecular weight is 422 g/mol. The van der Waals surface area contributed by atoms with E-state index >= 15 is 0 Å². The first-order chi connectivity index (χ1) is 14.8. The van der Waals surface area contributed by atoms with Gasteiger partial charge in [-0.05, 0) is 45.0 Å². The van der Waals surface area contributed by atoms with Crippen LogP contribution in [0.1, 0.15) is 41.7 Å². The summed E-state index contributed by atoms with van der Waals surface area (Å²) in [4.78, 5) is 21.9. The van der Waals surface area contributed by atoms with Crippen LogP contribution in [0.3, 0.4) is 0 Å². The maximum absolute atomic E-state index is 13.7. The van der Waals surface area contributed by atoms with Gasteiger partial charge in [0.25, 0.3) is 0 Å². The Kier molecular flexibility index (Phi) is 4.41. The average Bonchev–Trinajstić information content (AvgIpc) is 3.39. The van der Waals surface area contributed by atoms with Crippen molar-refractivity contribution in [2.75, 3.05) is 0 Å². The SMILES string of the molecule is Cc1ncnc2c1ccn2[C@@H]1O[C@H](C(=O)c2ccc(F)c(C#N)c2)[C@H]2OC(C)(C)O[C@H]21. The highest BCUT2D eigenvalue weighted by atomic mass is 19.1. The van der Waals surface area contributed by atoms with Crippen LogP contribution in [0.2, 0.25) is 0 Å². The maximum atomic E-state index is 13.7. The minimum Gasteiger partial charge on any atom is -0.341 e. The highest BCUT2D eigenvalue weighted by molar-refractivity contribution is 6.00. The molecule has 0 saturated carbocycles. The molecule has 0 radical (unpaired) electrons. The Hall–Kier alpha value is -3.19. The summed E-state index contributed by atoms with van der Waals surface area (Å²) in [5, 5.41) is 9.97. The van der Waals surface area contributed by atoms with E-state index in [0.29, 0.717) is 5.65 Å². The van der Waals surface area contributed by atoms with E-state index in [1.165, 1.54) is 18.5 Å². The molecule has 4 heterocycles. The van der Waals surface area contributed by atoms with Crippen molar-refractivity contribution < 1.29 is 23.4 Å². The number of benzene rings is 1. The number of ether oxygens (including phenoxy) is 3. The Morgan fingerprint density at radius 2 is 2.00 bits per heavy atom. The van der Waals surface area contributed by atoms with Crippen molar-refractivity contribution in [3.05, 3.63) is 59.4 Å². The van der Waals surface area contributed by atoms with E-state index in [2.05, 4.69) is 9.97 Å². The van der Waals surface area contributed by atoms with Gasteiger partial charge in [0.2, 0.25) is 0 Å². The lowest BCUT2D eigenvalue weighted by molar-refractivity contribution is -0.190. The number of hydrogen-bond donors (Lipinski definition) is 0. The number of ketones is 1. The normalized spacial score (nSPS) is 26.7. The molecule has 9 heteroatoms. The van der Waals surface area contributed by atoms with Crippen LogP contribution in [-0.2, 0) is 14.2 Å². The second-order valence-electron chi connectivity index (χ2n) is 8.10. The molecule has 2 fully saturated rings. The van der Waals surface area contributed by atoms with Gasteiger partial charge in [-0.1, -0.05) is 0 Å². The van der Waals surface area contributed by atoms with Gasteiger partial charge < -0.3 is 18.8 Å². The molecule has 2 saturated heterocycles. The molecule has 0 spiro atoms. The molecule has 1 aromatic carbocycles. The summed E-state index contributed by atoms with van der Waals surface area (Å²) in [7, 11) is 0. The Morgan fingerprint density at radius 1 is 1.23 bits per heavy atom. The van der Waals surface area contributed by atoms with Crippen molar-refractivity contribution in [1.29, 1.82) is 5.26 Å². The molecule has 0 N–H and O–H groups in total. The van der Waals surface area contributed by atoms with E-state index in [9.17, 15) is 9.18 Å². The number of carbonyl (C=O) groups excluding carboxylic acids is 1. The third kappa shape index (κ3) is 3.11. The summed E-state index contributed by atoms with van der Waals surface area (Å²) in [6, 6.07) is 7.31. The molecule has 31 heavy (non-hydrogen) atoms. The second kappa shape index (κ2) is 6.92. The van der Waals surface area contributed by atoms with Gasteiger partial charge in [-0.2, -0.15) is 5.26 Å². The lowest BCUT2D eigenvalue weighted by atomic mass is 9.99. The van der Waals surface area contributed by atoms with Gasteiger partial charge in [-0.15, -0.1) is 0 Å². The second-order valence-corrected chi connectivity index (χ2v) is 8.10. The maximum Gasteiger partial charge on any atom is 0.194 e. The lowest BCUT2D eigenvalue weighted by Gasteiger charge is -2.24. The Morgan fingerprint density at radius 3 is 2.77 bits per heavy atom. The van der Waals surface area contributed by atoms with Gasteiger partial charge in [0.05, 0.1) is 11.3 Å². The molecular weight excluding hydrogens is 403 g/mol. The van der Waals surface area contributed by atoms with Crippen molar-refractivity contribution in [3.63, 3.8) is 0 Å². The third-order valence-electron chi connectivity index (χ3n) is 5.64. The molecular formula is C22H19FN4O4. The molecule has 0 bridgehead atoms. The molecule has 0 unspecified atom stereocenters. The topological polar surface area (TPSA) is 99.3 Å². The molecule has 3 aromatic rings. The molecule has 2 aliphatic rings. The van der Waals surface area contributed by atoms with Gasteiger partial charge in [-0.25, -0.2) is 14.4 Å². The lowest BCUT2D eigenvalue weighted by Crippen LogP contribution is -2.35. The highest BCUT2D eigenvalue weighted by Crippen LogP contribution is 2.44. The fourth-order valence-corrected chi connectivity index (χ4v) is 4.24. The monoisotopic (exact) mass is 422 g/mol. The Bertz CT molecular complexity index is 1250. The van der Waals surface area contributed by atoms with Crippen LogP contribution in [0.4, 0.5) is 4.39 Å². The van der Waals surface area contributed by atoms with E-state index in [1.807, 2.05) is 23.8 Å². The quantitative estimate of drug-likeness (QED) is 0.598. The molecule has 4 atom stereocenters. The van der Waals surface area contributed by atoms with Crippen molar-refractivity contribution >= 4 is 16.8 Å². The van der Waals surface area contributed by atoms with Crippen LogP contribution in [0.25, 0.3) is 11.0 Å².